The maximum absolute atomic E-state index is 12.1. The summed E-state index contributed by atoms with van der Waals surface area (Å²) in [4.78, 5) is 23.9. The molecule has 0 bridgehead atoms. The third-order valence-electron chi connectivity index (χ3n) is 4.99. The Kier molecular flexibility index (Phi) is 14.9. The molecule has 4 nitrogen and oxygen atoms in total. The molecule has 31 heavy (non-hydrogen) atoms. The van der Waals surface area contributed by atoms with Crippen LogP contribution in [0.15, 0.2) is 60.8 Å². The van der Waals surface area contributed by atoms with Gasteiger partial charge in [0.15, 0.2) is 6.10 Å². The number of hydrogen-bond donors (Lipinski definition) is 0. The van der Waals surface area contributed by atoms with Crippen molar-refractivity contribution in [1.82, 2.24) is 0 Å². The molecule has 0 saturated carbocycles. The van der Waals surface area contributed by atoms with Gasteiger partial charge in [-0.1, -0.05) is 74.6 Å². The van der Waals surface area contributed by atoms with Gasteiger partial charge in [-0.3, -0.25) is 9.59 Å². The molecule has 1 rings (SSSR count). The van der Waals surface area contributed by atoms with Crippen LogP contribution in [0.3, 0.4) is 0 Å². The first-order valence-electron chi connectivity index (χ1n) is 11.7. The first-order valence-corrected chi connectivity index (χ1v) is 11.7. The van der Waals surface area contributed by atoms with Gasteiger partial charge in [-0.05, 0) is 58.3 Å². The summed E-state index contributed by atoms with van der Waals surface area (Å²) in [6, 6.07) is 0. The van der Waals surface area contributed by atoms with Crippen LogP contribution in [0.2, 0.25) is 0 Å². The molecule has 1 saturated heterocycles. The van der Waals surface area contributed by atoms with Gasteiger partial charge in [0.1, 0.15) is 6.10 Å². The van der Waals surface area contributed by atoms with Gasteiger partial charge in [0.25, 0.3) is 0 Å². The highest BCUT2D eigenvalue weighted by molar-refractivity contribution is 5.77. The molecule has 1 fully saturated rings. The summed E-state index contributed by atoms with van der Waals surface area (Å²) in [5.41, 5.74) is 0. The second-order valence-corrected chi connectivity index (χ2v) is 7.74. The van der Waals surface area contributed by atoms with Gasteiger partial charge in [0, 0.05) is 6.42 Å². The van der Waals surface area contributed by atoms with Crippen molar-refractivity contribution in [2.45, 2.75) is 90.8 Å². The Morgan fingerprint density at radius 3 is 1.90 bits per heavy atom. The molecule has 0 aromatic rings. The van der Waals surface area contributed by atoms with Crippen LogP contribution in [0.1, 0.15) is 78.6 Å². The standard InChI is InChI=1S/C27H40O4/c1-4-6-7-8-9-10-11-12-13-14-15-16-17-18-19-20-22-24-26(23(3)30-27(24)29)31-25(28)21-5-2/h6-7,9-10,12-13,15-16,18-19,23-24,26H,4-5,8,11,14,17,20-22H2,1-3H3/b7-6-,10-9-,13-12-,16-15-,19-18-/t23-,24+,26-/m1/s1. The fourth-order valence-corrected chi connectivity index (χ4v) is 3.32. The van der Waals surface area contributed by atoms with Crippen molar-refractivity contribution < 1.29 is 19.1 Å². The van der Waals surface area contributed by atoms with Crippen LogP contribution in [0.4, 0.5) is 0 Å². The zero-order chi connectivity index (χ0) is 22.7. The Morgan fingerprint density at radius 1 is 0.871 bits per heavy atom. The van der Waals surface area contributed by atoms with Crippen LogP contribution in [-0.4, -0.2) is 24.1 Å². The van der Waals surface area contributed by atoms with Crippen molar-refractivity contribution in [3.05, 3.63) is 60.8 Å². The molecule has 1 aliphatic rings. The lowest BCUT2D eigenvalue weighted by molar-refractivity contribution is -0.153. The summed E-state index contributed by atoms with van der Waals surface area (Å²) in [7, 11) is 0. The fraction of sp³-hybridized carbons (Fsp3) is 0.556. The molecule has 0 aromatic heterocycles. The highest BCUT2D eigenvalue weighted by Crippen LogP contribution is 2.29. The van der Waals surface area contributed by atoms with E-state index >= 15 is 0 Å². The SMILES string of the molecule is CC/C=C\C/C=C\C/C=C\C/C=C\C/C=C\CC[C@@H]1C(=O)O[C@H](C)[C@H]1OC(=O)CCC. The van der Waals surface area contributed by atoms with Gasteiger partial charge in [-0.2, -0.15) is 0 Å². The molecule has 1 aliphatic heterocycles. The quantitative estimate of drug-likeness (QED) is 0.213. The Balaban J connectivity index is 2.20. The van der Waals surface area contributed by atoms with Crippen LogP contribution in [0.25, 0.3) is 0 Å². The van der Waals surface area contributed by atoms with Crippen LogP contribution in [0, 0.1) is 5.92 Å². The number of esters is 2. The van der Waals surface area contributed by atoms with Crippen LogP contribution in [0.5, 0.6) is 0 Å². The third-order valence-corrected chi connectivity index (χ3v) is 4.99. The summed E-state index contributed by atoms with van der Waals surface area (Å²) in [6.45, 7) is 5.86. The molecular weight excluding hydrogens is 388 g/mol. The molecule has 172 valence electrons. The minimum Gasteiger partial charge on any atom is -0.458 e. The highest BCUT2D eigenvalue weighted by Gasteiger charge is 2.44. The van der Waals surface area contributed by atoms with Crippen molar-refractivity contribution in [3.8, 4) is 0 Å². The number of rotatable bonds is 15. The highest BCUT2D eigenvalue weighted by atomic mass is 16.6. The van der Waals surface area contributed by atoms with Gasteiger partial charge in [-0.15, -0.1) is 0 Å². The van der Waals surface area contributed by atoms with Gasteiger partial charge in [0.05, 0.1) is 5.92 Å². The van der Waals surface area contributed by atoms with E-state index in [1.807, 2.05) is 6.92 Å². The van der Waals surface area contributed by atoms with E-state index in [9.17, 15) is 9.59 Å². The third kappa shape index (κ3) is 12.2. The topological polar surface area (TPSA) is 52.6 Å². The second kappa shape index (κ2) is 17.3. The molecule has 0 radical (unpaired) electrons. The minimum atomic E-state index is -0.464. The summed E-state index contributed by atoms with van der Waals surface area (Å²) in [5, 5.41) is 0. The molecule has 0 N–H and O–H groups in total. The Morgan fingerprint density at radius 2 is 1.39 bits per heavy atom. The number of carbonyl (C=O) groups is 2. The van der Waals surface area contributed by atoms with E-state index in [-0.39, 0.29) is 24.0 Å². The predicted octanol–water partition coefficient (Wildman–Crippen LogP) is 6.79. The number of cyclic esters (lactones) is 1. The van der Waals surface area contributed by atoms with Gasteiger partial charge in [-0.25, -0.2) is 0 Å². The monoisotopic (exact) mass is 428 g/mol. The molecule has 1 heterocycles. The van der Waals surface area contributed by atoms with Gasteiger partial charge < -0.3 is 9.47 Å². The number of allylic oxidation sites excluding steroid dienone is 10. The van der Waals surface area contributed by atoms with Gasteiger partial charge in [0.2, 0.25) is 0 Å². The van der Waals surface area contributed by atoms with E-state index in [1.54, 1.807) is 6.92 Å². The second-order valence-electron chi connectivity index (χ2n) is 7.74. The molecule has 3 atom stereocenters. The first-order chi connectivity index (χ1) is 15.1. The van der Waals surface area contributed by atoms with Crippen molar-refractivity contribution in [1.29, 1.82) is 0 Å². The molecule has 0 amide bonds. The number of ether oxygens (including phenoxy) is 2. The van der Waals surface area contributed by atoms with E-state index in [4.69, 9.17) is 9.47 Å². The van der Waals surface area contributed by atoms with Crippen molar-refractivity contribution in [2.24, 2.45) is 5.92 Å². The van der Waals surface area contributed by atoms with Crippen LogP contribution in [-0.2, 0) is 19.1 Å². The van der Waals surface area contributed by atoms with E-state index in [1.165, 1.54) is 0 Å². The lowest BCUT2D eigenvalue weighted by Crippen LogP contribution is -2.31. The normalized spacial score (nSPS) is 22.0. The Labute approximate surface area is 188 Å². The lowest BCUT2D eigenvalue weighted by atomic mass is 9.96. The fourth-order valence-electron chi connectivity index (χ4n) is 3.32. The molecule has 0 aliphatic carbocycles. The summed E-state index contributed by atoms with van der Waals surface area (Å²) in [5.74, 6) is -0.871. The molecular formula is C27H40O4. The predicted molar refractivity (Wildman–Crippen MR) is 128 cm³/mol. The van der Waals surface area contributed by atoms with Crippen LogP contribution >= 0.6 is 0 Å². The summed E-state index contributed by atoms with van der Waals surface area (Å²) < 4.78 is 10.8. The number of hydrogen-bond acceptors (Lipinski definition) is 4. The summed E-state index contributed by atoms with van der Waals surface area (Å²) in [6.07, 6.45) is 28.2. The van der Waals surface area contributed by atoms with Crippen molar-refractivity contribution in [3.63, 3.8) is 0 Å². The lowest BCUT2D eigenvalue weighted by Gasteiger charge is -2.18. The van der Waals surface area contributed by atoms with E-state index in [2.05, 4.69) is 67.7 Å². The molecule has 0 aromatic carbocycles. The Hall–Kier alpha value is -2.36. The smallest absolute Gasteiger partial charge is 0.313 e. The largest absolute Gasteiger partial charge is 0.458 e. The van der Waals surface area contributed by atoms with E-state index in [0.29, 0.717) is 12.8 Å². The van der Waals surface area contributed by atoms with Crippen molar-refractivity contribution >= 4 is 11.9 Å². The van der Waals surface area contributed by atoms with Crippen LogP contribution < -0.4 is 0 Å². The number of carbonyl (C=O) groups excluding carboxylic acids is 2. The summed E-state index contributed by atoms with van der Waals surface area (Å²) >= 11 is 0. The minimum absolute atomic E-state index is 0.252. The van der Waals surface area contributed by atoms with E-state index < -0.39 is 6.10 Å². The molecule has 0 spiro atoms. The van der Waals surface area contributed by atoms with Crippen molar-refractivity contribution in [2.75, 3.05) is 0 Å². The average Bonchev–Trinajstić information content (AvgIpc) is 3.00. The first kappa shape index (κ1) is 26.7. The maximum Gasteiger partial charge on any atom is 0.313 e. The molecule has 0 unspecified atom stereocenters. The van der Waals surface area contributed by atoms with E-state index in [0.717, 1.165) is 44.9 Å². The Bertz CT molecular complexity index is 654. The molecule has 4 heteroatoms. The maximum atomic E-state index is 12.1. The average molecular weight is 429 g/mol. The van der Waals surface area contributed by atoms with Gasteiger partial charge >= 0.3 is 11.9 Å². The zero-order valence-corrected chi connectivity index (χ0v) is 19.5. The zero-order valence-electron chi connectivity index (χ0n) is 19.5.